The van der Waals surface area contributed by atoms with Gasteiger partial charge in [0.25, 0.3) is 6.54 Å². The first-order chi connectivity index (χ1) is 4.57. The number of hydrogen-bond acceptors (Lipinski definition) is 4. The minimum absolute atomic E-state index is 0.507. The Hall–Kier alpha value is -0.970. The maximum Gasteiger partial charge on any atom is 0.263 e. The average molecular weight is 147 g/mol. The van der Waals surface area contributed by atoms with Crippen LogP contribution in [0.2, 0.25) is 0 Å². The third-order valence-electron chi connectivity index (χ3n) is 1.09. The van der Waals surface area contributed by atoms with E-state index in [1.807, 2.05) is 0 Å². The van der Waals surface area contributed by atoms with Gasteiger partial charge in [-0.05, 0) is 6.92 Å². The van der Waals surface area contributed by atoms with E-state index in [1.165, 1.54) is 14.0 Å². The molecular weight excluding hydrogens is 138 g/mol. The number of nitrogens with zero attached hydrogens (tertiary/aromatic N) is 1. The number of ether oxygens (including phenoxy) is 1. The van der Waals surface area contributed by atoms with Crippen molar-refractivity contribution in [3.05, 3.63) is 10.1 Å². The zero-order valence-corrected chi connectivity index (χ0v) is 5.86. The fraction of sp³-hybridized carbons (Fsp3) is 0.800. The van der Waals surface area contributed by atoms with Crippen LogP contribution in [0.3, 0.4) is 0 Å². The Bertz CT molecular complexity index is 145. The predicted octanol–water partition coefficient (Wildman–Crippen LogP) is -0.133. The fourth-order valence-electron chi connectivity index (χ4n) is 0.387. The van der Waals surface area contributed by atoms with E-state index in [4.69, 9.17) is 0 Å². The lowest BCUT2D eigenvalue weighted by Crippen LogP contribution is -2.26. The second kappa shape index (κ2) is 3.94. The maximum atomic E-state index is 10.6. The van der Waals surface area contributed by atoms with Crippen LogP contribution in [0.15, 0.2) is 0 Å². The second-order valence-electron chi connectivity index (χ2n) is 1.84. The van der Waals surface area contributed by atoms with Crippen LogP contribution in [0, 0.1) is 10.1 Å². The number of rotatable bonds is 4. The molecule has 0 aliphatic rings. The Kier molecular flexibility index (Phi) is 3.56. The highest BCUT2D eigenvalue weighted by Crippen LogP contribution is 1.89. The Morgan fingerprint density at radius 2 is 2.30 bits per heavy atom. The normalized spacial score (nSPS) is 12.6. The molecule has 1 unspecified atom stereocenters. The summed E-state index contributed by atoms with van der Waals surface area (Å²) >= 11 is 0. The Morgan fingerprint density at radius 3 is 2.60 bits per heavy atom. The van der Waals surface area contributed by atoms with Crippen molar-refractivity contribution in [1.29, 1.82) is 0 Å². The molecule has 0 aliphatic carbocycles. The summed E-state index contributed by atoms with van der Waals surface area (Å²) in [6.07, 6.45) is -0.676. The van der Waals surface area contributed by atoms with E-state index in [1.54, 1.807) is 0 Å². The van der Waals surface area contributed by atoms with Crippen molar-refractivity contribution in [3.63, 3.8) is 0 Å². The van der Waals surface area contributed by atoms with Gasteiger partial charge >= 0.3 is 0 Å². The standard InChI is InChI=1S/C5H9NO4/c1-4(10-2)5(7)3-6(8)9/h4H,3H2,1-2H3. The molecule has 5 nitrogen and oxygen atoms in total. The van der Waals surface area contributed by atoms with Gasteiger partial charge in [0.15, 0.2) is 0 Å². The van der Waals surface area contributed by atoms with Crippen LogP contribution in [0.25, 0.3) is 0 Å². The Labute approximate surface area is 58.1 Å². The molecule has 0 aromatic rings. The molecule has 0 amide bonds. The van der Waals surface area contributed by atoms with E-state index in [2.05, 4.69) is 4.74 Å². The number of carbonyl (C=O) groups is 1. The fourth-order valence-corrected chi connectivity index (χ4v) is 0.387. The first-order valence-corrected chi connectivity index (χ1v) is 2.75. The highest BCUT2D eigenvalue weighted by molar-refractivity contribution is 5.83. The first-order valence-electron chi connectivity index (χ1n) is 2.75. The molecule has 0 aromatic heterocycles. The topological polar surface area (TPSA) is 69.4 Å². The number of ketones is 1. The van der Waals surface area contributed by atoms with Gasteiger partial charge in [-0.3, -0.25) is 14.9 Å². The summed E-state index contributed by atoms with van der Waals surface area (Å²) in [6, 6.07) is 0. The molecule has 1 atom stereocenters. The molecule has 0 rings (SSSR count). The summed E-state index contributed by atoms with van der Waals surface area (Å²) in [5.41, 5.74) is 0. The highest BCUT2D eigenvalue weighted by Gasteiger charge is 2.16. The van der Waals surface area contributed by atoms with Gasteiger partial charge < -0.3 is 4.74 Å². The van der Waals surface area contributed by atoms with Gasteiger partial charge in [0.1, 0.15) is 6.10 Å². The minimum Gasteiger partial charge on any atom is -0.374 e. The van der Waals surface area contributed by atoms with E-state index in [-0.39, 0.29) is 0 Å². The summed E-state index contributed by atoms with van der Waals surface area (Å²) in [5, 5.41) is 9.76. The van der Waals surface area contributed by atoms with Crippen molar-refractivity contribution >= 4 is 5.78 Å². The molecule has 10 heavy (non-hydrogen) atoms. The van der Waals surface area contributed by atoms with Crippen molar-refractivity contribution in [2.45, 2.75) is 13.0 Å². The van der Waals surface area contributed by atoms with Crippen molar-refractivity contribution in [1.82, 2.24) is 0 Å². The molecule has 0 aromatic carbocycles. The predicted molar refractivity (Wildman–Crippen MR) is 33.3 cm³/mol. The smallest absolute Gasteiger partial charge is 0.263 e. The summed E-state index contributed by atoms with van der Waals surface area (Å²) < 4.78 is 4.56. The molecule has 0 aliphatic heterocycles. The maximum absolute atomic E-state index is 10.6. The third-order valence-corrected chi connectivity index (χ3v) is 1.09. The van der Waals surface area contributed by atoms with Gasteiger partial charge in [0, 0.05) is 12.0 Å². The number of hydrogen-bond donors (Lipinski definition) is 0. The Balaban J connectivity index is 3.73. The molecular formula is C5H9NO4. The number of methoxy groups -OCH3 is 1. The van der Waals surface area contributed by atoms with Crippen LogP contribution in [0.1, 0.15) is 6.92 Å². The molecule has 0 heterocycles. The molecule has 5 heteroatoms. The van der Waals surface area contributed by atoms with Crippen LogP contribution >= 0.6 is 0 Å². The SMILES string of the molecule is COC(C)C(=O)C[N+](=O)[O-]. The largest absolute Gasteiger partial charge is 0.374 e. The van der Waals surface area contributed by atoms with Crippen LogP contribution in [0.4, 0.5) is 0 Å². The Morgan fingerprint density at radius 1 is 1.80 bits per heavy atom. The molecule has 0 radical (unpaired) electrons. The molecule has 0 spiro atoms. The quantitative estimate of drug-likeness (QED) is 0.410. The van der Waals surface area contributed by atoms with Crippen molar-refractivity contribution < 1.29 is 14.5 Å². The van der Waals surface area contributed by atoms with Crippen LogP contribution in [-0.4, -0.2) is 30.5 Å². The molecule has 0 N–H and O–H groups in total. The van der Waals surface area contributed by atoms with Gasteiger partial charge in [-0.1, -0.05) is 0 Å². The van der Waals surface area contributed by atoms with Crippen molar-refractivity contribution in [3.8, 4) is 0 Å². The van der Waals surface area contributed by atoms with E-state index in [0.29, 0.717) is 0 Å². The van der Waals surface area contributed by atoms with Gasteiger partial charge in [-0.2, -0.15) is 0 Å². The van der Waals surface area contributed by atoms with Crippen molar-refractivity contribution in [2.24, 2.45) is 0 Å². The summed E-state index contributed by atoms with van der Waals surface area (Å²) in [4.78, 5) is 19.7. The van der Waals surface area contributed by atoms with E-state index < -0.39 is 23.4 Å². The summed E-state index contributed by atoms with van der Waals surface area (Å²) in [5.74, 6) is -0.507. The number of nitro groups is 1. The minimum atomic E-state index is -0.676. The zero-order chi connectivity index (χ0) is 8.15. The van der Waals surface area contributed by atoms with Gasteiger partial charge in [0.05, 0.1) is 0 Å². The van der Waals surface area contributed by atoms with Crippen LogP contribution < -0.4 is 0 Å². The van der Waals surface area contributed by atoms with E-state index in [9.17, 15) is 14.9 Å². The molecule has 0 fully saturated rings. The lowest BCUT2D eigenvalue weighted by Gasteiger charge is -2.02. The third kappa shape index (κ3) is 3.13. The zero-order valence-electron chi connectivity index (χ0n) is 5.86. The average Bonchev–Trinajstić information content (AvgIpc) is 1.85. The summed E-state index contributed by atoms with van der Waals surface area (Å²) in [6.45, 7) is 0.820. The highest BCUT2D eigenvalue weighted by atomic mass is 16.6. The second-order valence-corrected chi connectivity index (χ2v) is 1.84. The molecule has 0 bridgehead atoms. The first kappa shape index (κ1) is 9.03. The van der Waals surface area contributed by atoms with Crippen molar-refractivity contribution in [2.75, 3.05) is 13.7 Å². The lowest BCUT2D eigenvalue weighted by atomic mass is 10.2. The van der Waals surface area contributed by atoms with Gasteiger partial charge in [-0.25, -0.2) is 0 Å². The summed E-state index contributed by atoms with van der Waals surface area (Å²) in [7, 11) is 1.34. The molecule has 0 saturated carbocycles. The van der Waals surface area contributed by atoms with E-state index >= 15 is 0 Å². The number of Topliss-reactive ketones (excluding diaryl/α,β-unsaturated/α-hetero) is 1. The van der Waals surface area contributed by atoms with Gasteiger partial charge in [0.2, 0.25) is 5.78 Å². The molecule has 58 valence electrons. The van der Waals surface area contributed by atoms with E-state index in [0.717, 1.165) is 0 Å². The van der Waals surface area contributed by atoms with Gasteiger partial charge in [-0.15, -0.1) is 0 Å². The number of carbonyl (C=O) groups excluding carboxylic acids is 1. The van der Waals surface area contributed by atoms with Crippen LogP contribution in [0.5, 0.6) is 0 Å². The van der Waals surface area contributed by atoms with Crippen LogP contribution in [-0.2, 0) is 9.53 Å². The molecule has 0 saturated heterocycles. The monoisotopic (exact) mass is 147 g/mol. The lowest BCUT2D eigenvalue weighted by molar-refractivity contribution is -0.468.